The molecule has 0 spiro atoms. The second-order valence-corrected chi connectivity index (χ2v) is 4.52. The van der Waals surface area contributed by atoms with Crippen LogP contribution in [0.2, 0.25) is 0 Å². The second kappa shape index (κ2) is 6.77. The highest BCUT2D eigenvalue weighted by molar-refractivity contribution is 14.1. The van der Waals surface area contributed by atoms with Crippen molar-refractivity contribution in [3.8, 4) is 5.75 Å². The normalized spacial score (nSPS) is 10.6. The predicted octanol–water partition coefficient (Wildman–Crippen LogP) is 1.35. The number of hydrogen-bond acceptors (Lipinski definition) is 4. The third-order valence-corrected chi connectivity index (χ3v) is 2.83. The van der Waals surface area contributed by atoms with E-state index in [9.17, 15) is 9.90 Å². The molecular weight excluding hydrogens is 337 g/mol. The van der Waals surface area contributed by atoms with Gasteiger partial charge in [-0.15, -0.1) is 0 Å². The van der Waals surface area contributed by atoms with E-state index in [2.05, 4.69) is 27.9 Å². The first-order valence-corrected chi connectivity index (χ1v) is 5.98. The highest BCUT2D eigenvalue weighted by Gasteiger charge is 2.13. The quantitative estimate of drug-likeness (QED) is 0.621. The molecule has 5 nitrogen and oxygen atoms in total. The van der Waals surface area contributed by atoms with Crippen LogP contribution >= 0.6 is 22.6 Å². The zero-order chi connectivity index (χ0) is 12.8. The van der Waals surface area contributed by atoms with Crippen LogP contribution in [0.3, 0.4) is 0 Å². The molecule has 0 bridgehead atoms. The number of aromatic hydroxyl groups is 1. The van der Waals surface area contributed by atoms with Gasteiger partial charge in [-0.3, -0.25) is 4.79 Å². The fourth-order valence-electron chi connectivity index (χ4n) is 1.22. The minimum atomic E-state index is -0.496. The molecule has 0 saturated carbocycles. The van der Waals surface area contributed by atoms with Crippen LogP contribution in [-0.4, -0.2) is 38.1 Å². The lowest BCUT2D eigenvalue weighted by Crippen LogP contribution is -2.34. The van der Waals surface area contributed by atoms with Crippen LogP contribution in [0, 0.1) is 3.57 Å². The first-order chi connectivity index (χ1) is 8.08. The molecular formula is C11H14INO4. The standard InChI is InChI=1S/C11H14INO4/c1-16-10(17-2)6-13-11(15)8-5-7(12)3-4-9(8)14/h3-5,10,14H,6H2,1-2H3,(H,13,15). The zero-order valence-corrected chi connectivity index (χ0v) is 11.7. The Labute approximate surface area is 113 Å². The molecule has 94 valence electrons. The van der Waals surface area contributed by atoms with E-state index in [-0.39, 0.29) is 23.8 Å². The smallest absolute Gasteiger partial charge is 0.255 e. The molecule has 1 aromatic carbocycles. The van der Waals surface area contributed by atoms with Gasteiger partial charge in [-0.1, -0.05) is 0 Å². The lowest BCUT2D eigenvalue weighted by atomic mass is 10.2. The van der Waals surface area contributed by atoms with Crippen molar-refractivity contribution >= 4 is 28.5 Å². The molecule has 0 aliphatic heterocycles. The van der Waals surface area contributed by atoms with Crippen LogP contribution in [0.25, 0.3) is 0 Å². The van der Waals surface area contributed by atoms with Crippen molar-refractivity contribution in [3.05, 3.63) is 27.3 Å². The fourth-order valence-corrected chi connectivity index (χ4v) is 1.72. The number of hydrogen-bond donors (Lipinski definition) is 2. The second-order valence-electron chi connectivity index (χ2n) is 3.27. The number of amides is 1. The monoisotopic (exact) mass is 351 g/mol. The maximum atomic E-state index is 11.8. The molecule has 2 N–H and O–H groups in total. The van der Waals surface area contributed by atoms with Crippen molar-refractivity contribution in [1.29, 1.82) is 0 Å². The Morgan fingerprint density at radius 1 is 1.47 bits per heavy atom. The number of halogens is 1. The Hall–Kier alpha value is -0.860. The van der Waals surface area contributed by atoms with E-state index in [1.807, 2.05) is 0 Å². The number of rotatable bonds is 5. The molecule has 0 fully saturated rings. The number of ether oxygens (including phenoxy) is 2. The van der Waals surface area contributed by atoms with Gasteiger partial charge in [0, 0.05) is 17.8 Å². The molecule has 0 atom stereocenters. The van der Waals surface area contributed by atoms with Crippen LogP contribution in [0.4, 0.5) is 0 Å². The fraction of sp³-hybridized carbons (Fsp3) is 0.364. The lowest BCUT2D eigenvalue weighted by Gasteiger charge is -2.14. The highest BCUT2D eigenvalue weighted by atomic mass is 127. The summed E-state index contributed by atoms with van der Waals surface area (Å²) >= 11 is 2.07. The number of nitrogens with one attached hydrogen (secondary N) is 1. The summed E-state index contributed by atoms with van der Waals surface area (Å²) in [5.41, 5.74) is 0.239. The third-order valence-electron chi connectivity index (χ3n) is 2.16. The van der Waals surface area contributed by atoms with E-state index in [0.717, 1.165) is 3.57 Å². The van der Waals surface area contributed by atoms with Gasteiger partial charge in [-0.2, -0.15) is 0 Å². The SMILES string of the molecule is COC(CNC(=O)c1cc(I)ccc1O)OC. The number of carbonyl (C=O) groups is 1. The number of benzene rings is 1. The highest BCUT2D eigenvalue weighted by Crippen LogP contribution is 2.19. The van der Waals surface area contributed by atoms with E-state index in [1.54, 1.807) is 12.1 Å². The zero-order valence-electron chi connectivity index (χ0n) is 9.57. The summed E-state index contributed by atoms with van der Waals surface area (Å²) < 4.78 is 10.8. The van der Waals surface area contributed by atoms with Gasteiger partial charge < -0.3 is 19.9 Å². The Morgan fingerprint density at radius 2 is 2.12 bits per heavy atom. The molecule has 0 radical (unpaired) electrons. The number of methoxy groups -OCH3 is 2. The number of carbonyl (C=O) groups excluding carboxylic acids is 1. The molecule has 0 unspecified atom stereocenters. The van der Waals surface area contributed by atoms with E-state index in [1.165, 1.54) is 20.3 Å². The molecule has 0 heterocycles. The van der Waals surface area contributed by atoms with Gasteiger partial charge in [0.2, 0.25) is 0 Å². The summed E-state index contributed by atoms with van der Waals surface area (Å²) in [5, 5.41) is 12.2. The predicted molar refractivity (Wildman–Crippen MR) is 71.0 cm³/mol. The van der Waals surface area contributed by atoms with Crippen molar-refractivity contribution in [2.24, 2.45) is 0 Å². The third kappa shape index (κ3) is 4.14. The molecule has 0 aromatic heterocycles. The van der Waals surface area contributed by atoms with E-state index in [4.69, 9.17) is 9.47 Å². The number of phenolic OH excluding ortho intramolecular Hbond substituents is 1. The average Bonchev–Trinajstić information content (AvgIpc) is 2.33. The maximum Gasteiger partial charge on any atom is 0.255 e. The Morgan fingerprint density at radius 3 is 2.71 bits per heavy atom. The number of phenols is 1. The van der Waals surface area contributed by atoms with Gasteiger partial charge in [0.05, 0.1) is 12.1 Å². The van der Waals surface area contributed by atoms with E-state index >= 15 is 0 Å². The summed E-state index contributed by atoms with van der Waals surface area (Å²) in [7, 11) is 2.98. The van der Waals surface area contributed by atoms with Crippen LogP contribution in [0.15, 0.2) is 18.2 Å². The van der Waals surface area contributed by atoms with Crippen LogP contribution in [0.1, 0.15) is 10.4 Å². The van der Waals surface area contributed by atoms with Gasteiger partial charge in [-0.25, -0.2) is 0 Å². The molecule has 0 aliphatic carbocycles. The summed E-state index contributed by atoms with van der Waals surface area (Å²) in [6.45, 7) is 0.219. The molecule has 6 heteroatoms. The van der Waals surface area contributed by atoms with Crippen LogP contribution < -0.4 is 5.32 Å². The van der Waals surface area contributed by atoms with Crippen LogP contribution in [0.5, 0.6) is 5.75 Å². The summed E-state index contributed by atoms with van der Waals surface area (Å²) in [6, 6.07) is 4.82. The van der Waals surface area contributed by atoms with E-state index in [0.29, 0.717) is 0 Å². The first kappa shape index (κ1) is 14.2. The van der Waals surface area contributed by atoms with Crippen molar-refractivity contribution < 1.29 is 19.4 Å². The van der Waals surface area contributed by atoms with Crippen LogP contribution in [-0.2, 0) is 9.47 Å². The van der Waals surface area contributed by atoms with Gasteiger partial charge in [-0.05, 0) is 40.8 Å². The Balaban J connectivity index is 2.66. The summed E-state index contributed by atoms with van der Waals surface area (Å²) in [5.74, 6) is -0.408. The average molecular weight is 351 g/mol. The van der Waals surface area contributed by atoms with Crippen molar-refractivity contribution in [3.63, 3.8) is 0 Å². The van der Waals surface area contributed by atoms with Crippen molar-refractivity contribution in [2.75, 3.05) is 20.8 Å². The molecule has 1 aromatic rings. The van der Waals surface area contributed by atoms with Gasteiger partial charge in [0.1, 0.15) is 5.75 Å². The summed E-state index contributed by atoms with van der Waals surface area (Å²) in [4.78, 5) is 11.8. The Kier molecular flexibility index (Phi) is 5.66. The maximum absolute atomic E-state index is 11.8. The summed E-state index contributed by atoms with van der Waals surface area (Å²) in [6.07, 6.45) is -0.496. The minimum Gasteiger partial charge on any atom is -0.507 e. The Bertz CT molecular complexity index is 393. The van der Waals surface area contributed by atoms with Crippen molar-refractivity contribution in [1.82, 2.24) is 5.32 Å². The topological polar surface area (TPSA) is 67.8 Å². The largest absolute Gasteiger partial charge is 0.507 e. The van der Waals surface area contributed by atoms with Gasteiger partial charge in [0.15, 0.2) is 6.29 Å². The van der Waals surface area contributed by atoms with Gasteiger partial charge in [0.25, 0.3) is 5.91 Å². The lowest BCUT2D eigenvalue weighted by molar-refractivity contribution is -0.0974. The molecule has 1 rings (SSSR count). The molecule has 1 amide bonds. The van der Waals surface area contributed by atoms with E-state index < -0.39 is 6.29 Å². The van der Waals surface area contributed by atoms with Gasteiger partial charge >= 0.3 is 0 Å². The molecule has 0 saturated heterocycles. The molecule has 0 aliphatic rings. The minimum absolute atomic E-state index is 0.0469. The molecule has 17 heavy (non-hydrogen) atoms. The van der Waals surface area contributed by atoms with Crippen molar-refractivity contribution in [2.45, 2.75) is 6.29 Å². The first-order valence-electron chi connectivity index (χ1n) is 4.90.